The van der Waals surface area contributed by atoms with Crippen LogP contribution in [0.25, 0.3) is 0 Å². The van der Waals surface area contributed by atoms with E-state index >= 15 is 0 Å². The first kappa shape index (κ1) is 11.9. The Bertz CT molecular complexity index is 571. The van der Waals surface area contributed by atoms with Crippen LogP contribution in [0.4, 0.5) is 15.8 Å². The van der Waals surface area contributed by atoms with Gasteiger partial charge in [0, 0.05) is 5.69 Å². The molecule has 1 aromatic rings. The molecule has 0 radical (unpaired) electrons. The third kappa shape index (κ3) is 1.73. The molecule has 1 heterocycles. The Morgan fingerprint density at radius 1 is 1.11 bits per heavy atom. The minimum absolute atomic E-state index is 0.0376. The van der Waals surface area contributed by atoms with Crippen molar-refractivity contribution in [3.05, 3.63) is 36.2 Å². The Labute approximate surface area is 109 Å². The summed E-state index contributed by atoms with van der Waals surface area (Å²) < 4.78 is 13.8. The summed E-state index contributed by atoms with van der Waals surface area (Å²) in [7, 11) is 0. The number of allylic oxidation sites excluding steroid dienone is 2. The Hall–Kier alpha value is -2.17. The molecule has 5 heteroatoms. The predicted molar refractivity (Wildman–Crippen MR) is 68.7 cm³/mol. The molecule has 0 bridgehead atoms. The van der Waals surface area contributed by atoms with Crippen molar-refractivity contribution in [3.63, 3.8) is 0 Å². The Morgan fingerprint density at radius 2 is 1.68 bits per heavy atom. The minimum Gasteiger partial charge on any atom is -0.399 e. The molecule has 1 aromatic carbocycles. The number of nitrogens with two attached hydrogens (primary N) is 1. The lowest BCUT2D eigenvalue weighted by Gasteiger charge is -2.16. The van der Waals surface area contributed by atoms with E-state index in [1.54, 1.807) is 0 Å². The number of nitrogen functional groups attached to an aromatic ring is 1. The Balaban J connectivity index is 2.04. The molecule has 1 saturated heterocycles. The van der Waals surface area contributed by atoms with Crippen molar-refractivity contribution >= 4 is 23.2 Å². The van der Waals surface area contributed by atoms with Crippen LogP contribution < -0.4 is 10.6 Å². The van der Waals surface area contributed by atoms with Crippen molar-refractivity contribution in [3.8, 4) is 0 Å². The summed E-state index contributed by atoms with van der Waals surface area (Å²) in [6.07, 6.45) is 4.86. The molecule has 4 nitrogen and oxygen atoms in total. The molecular formula is C14H13FN2O2. The fourth-order valence-electron chi connectivity index (χ4n) is 2.74. The molecule has 1 aliphatic heterocycles. The van der Waals surface area contributed by atoms with Crippen molar-refractivity contribution in [2.24, 2.45) is 11.8 Å². The van der Waals surface area contributed by atoms with Gasteiger partial charge in [-0.2, -0.15) is 0 Å². The molecule has 2 aliphatic rings. The second-order valence-electron chi connectivity index (χ2n) is 4.88. The van der Waals surface area contributed by atoms with Crippen molar-refractivity contribution in [2.75, 3.05) is 10.6 Å². The van der Waals surface area contributed by atoms with Gasteiger partial charge in [-0.05, 0) is 31.0 Å². The van der Waals surface area contributed by atoms with Crippen LogP contribution in [0.1, 0.15) is 12.8 Å². The first-order valence-corrected chi connectivity index (χ1v) is 6.17. The zero-order chi connectivity index (χ0) is 13.6. The van der Waals surface area contributed by atoms with Gasteiger partial charge in [-0.15, -0.1) is 0 Å². The number of carbonyl (C=O) groups is 2. The number of fused-ring (bicyclic) bond motifs is 1. The molecule has 0 aromatic heterocycles. The number of nitrogens with zero attached hydrogens (tertiary/aromatic N) is 1. The molecule has 3 rings (SSSR count). The zero-order valence-corrected chi connectivity index (χ0v) is 10.2. The van der Waals surface area contributed by atoms with Gasteiger partial charge in [-0.25, -0.2) is 9.29 Å². The van der Waals surface area contributed by atoms with Crippen LogP contribution in [0.2, 0.25) is 0 Å². The normalized spacial score (nSPS) is 25.8. The molecule has 98 valence electrons. The molecule has 2 N–H and O–H groups in total. The first-order chi connectivity index (χ1) is 9.09. The first-order valence-electron chi connectivity index (χ1n) is 6.17. The lowest BCUT2D eigenvalue weighted by atomic mass is 9.85. The summed E-state index contributed by atoms with van der Waals surface area (Å²) in [5.41, 5.74) is 5.89. The van der Waals surface area contributed by atoms with Crippen LogP contribution in [0.3, 0.4) is 0 Å². The van der Waals surface area contributed by atoms with Gasteiger partial charge in [0.2, 0.25) is 11.8 Å². The van der Waals surface area contributed by atoms with Crippen LogP contribution in [0.5, 0.6) is 0 Å². The molecule has 1 aliphatic carbocycles. The van der Waals surface area contributed by atoms with Gasteiger partial charge < -0.3 is 5.73 Å². The van der Waals surface area contributed by atoms with Gasteiger partial charge in [0.1, 0.15) is 5.82 Å². The highest BCUT2D eigenvalue weighted by atomic mass is 19.1. The highest BCUT2D eigenvalue weighted by Gasteiger charge is 2.48. The molecule has 2 atom stereocenters. The van der Waals surface area contributed by atoms with E-state index in [4.69, 9.17) is 5.73 Å². The monoisotopic (exact) mass is 260 g/mol. The van der Waals surface area contributed by atoms with Crippen LogP contribution >= 0.6 is 0 Å². The standard InChI is InChI=1S/C14H13FN2O2/c15-11-6-5-8(16)7-12(11)17-13(18)9-3-1-2-4-10(9)14(17)19/h1-2,5-7,9-10H,3-4,16H2. The van der Waals surface area contributed by atoms with Crippen molar-refractivity contribution in [2.45, 2.75) is 12.8 Å². The predicted octanol–water partition coefficient (Wildman–Crippen LogP) is 1.86. The average molecular weight is 260 g/mol. The average Bonchev–Trinajstić information content (AvgIpc) is 2.66. The maximum atomic E-state index is 13.8. The maximum Gasteiger partial charge on any atom is 0.238 e. The topological polar surface area (TPSA) is 63.4 Å². The number of anilines is 2. The van der Waals surface area contributed by atoms with Crippen LogP contribution in [-0.4, -0.2) is 11.8 Å². The van der Waals surface area contributed by atoms with E-state index in [9.17, 15) is 14.0 Å². The van der Waals surface area contributed by atoms with Gasteiger partial charge in [-0.3, -0.25) is 9.59 Å². The number of halogens is 1. The Kier molecular flexibility index (Phi) is 2.62. The van der Waals surface area contributed by atoms with E-state index in [1.165, 1.54) is 18.2 Å². The highest BCUT2D eigenvalue weighted by Crippen LogP contribution is 2.38. The van der Waals surface area contributed by atoms with Crippen molar-refractivity contribution < 1.29 is 14.0 Å². The molecule has 0 spiro atoms. The second kappa shape index (κ2) is 4.19. The van der Waals surface area contributed by atoms with Crippen molar-refractivity contribution in [1.29, 1.82) is 0 Å². The van der Waals surface area contributed by atoms with E-state index in [2.05, 4.69) is 0 Å². The molecule has 1 fully saturated rings. The third-order valence-electron chi connectivity index (χ3n) is 3.72. The summed E-state index contributed by atoms with van der Waals surface area (Å²) in [6, 6.07) is 3.90. The molecule has 19 heavy (non-hydrogen) atoms. The Morgan fingerprint density at radius 3 is 2.26 bits per heavy atom. The minimum atomic E-state index is -0.609. The fourth-order valence-corrected chi connectivity index (χ4v) is 2.74. The summed E-state index contributed by atoms with van der Waals surface area (Å²) in [6.45, 7) is 0. The summed E-state index contributed by atoms with van der Waals surface area (Å²) in [5.74, 6) is -1.99. The summed E-state index contributed by atoms with van der Waals surface area (Å²) in [4.78, 5) is 25.5. The highest BCUT2D eigenvalue weighted by molar-refractivity contribution is 6.22. The largest absolute Gasteiger partial charge is 0.399 e. The summed E-state index contributed by atoms with van der Waals surface area (Å²) in [5, 5.41) is 0. The molecule has 2 unspecified atom stereocenters. The zero-order valence-electron chi connectivity index (χ0n) is 10.2. The van der Waals surface area contributed by atoms with Crippen LogP contribution in [0, 0.1) is 17.7 Å². The third-order valence-corrected chi connectivity index (χ3v) is 3.72. The second-order valence-corrected chi connectivity index (χ2v) is 4.88. The number of rotatable bonds is 1. The lowest BCUT2D eigenvalue weighted by Crippen LogP contribution is -2.31. The number of hydrogen-bond donors (Lipinski definition) is 1. The maximum absolute atomic E-state index is 13.8. The van der Waals surface area contributed by atoms with E-state index in [0.717, 1.165) is 4.90 Å². The van der Waals surface area contributed by atoms with Crippen molar-refractivity contribution in [1.82, 2.24) is 0 Å². The quantitative estimate of drug-likeness (QED) is 0.476. The molecule has 0 saturated carbocycles. The number of hydrogen-bond acceptors (Lipinski definition) is 3. The van der Waals surface area contributed by atoms with E-state index in [-0.39, 0.29) is 29.3 Å². The van der Waals surface area contributed by atoms with Crippen LogP contribution in [-0.2, 0) is 9.59 Å². The number of imide groups is 1. The molecule has 2 amide bonds. The molecular weight excluding hydrogens is 247 g/mol. The number of benzene rings is 1. The van der Waals surface area contributed by atoms with Gasteiger partial charge >= 0.3 is 0 Å². The number of carbonyl (C=O) groups excluding carboxylic acids is 2. The fraction of sp³-hybridized carbons (Fsp3) is 0.286. The van der Waals surface area contributed by atoms with E-state index in [1.807, 2.05) is 12.2 Å². The lowest BCUT2D eigenvalue weighted by molar-refractivity contribution is -0.122. The van der Waals surface area contributed by atoms with E-state index in [0.29, 0.717) is 18.5 Å². The van der Waals surface area contributed by atoms with E-state index < -0.39 is 5.82 Å². The van der Waals surface area contributed by atoms with Gasteiger partial charge in [0.05, 0.1) is 17.5 Å². The SMILES string of the molecule is Nc1ccc(F)c(N2C(=O)C3CC=CCC3C2=O)c1. The smallest absolute Gasteiger partial charge is 0.238 e. The van der Waals surface area contributed by atoms with Crippen LogP contribution in [0.15, 0.2) is 30.4 Å². The van der Waals surface area contributed by atoms with Gasteiger partial charge in [-0.1, -0.05) is 12.2 Å². The number of amides is 2. The summed E-state index contributed by atoms with van der Waals surface area (Å²) >= 11 is 0. The van der Waals surface area contributed by atoms with Gasteiger partial charge in [0.15, 0.2) is 0 Å². The van der Waals surface area contributed by atoms with Gasteiger partial charge in [0.25, 0.3) is 0 Å².